The van der Waals surface area contributed by atoms with E-state index in [1.54, 1.807) is 17.1 Å². The van der Waals surface area contributed by atoms with E-state index in [-0.39, 0.29) is 23.7 Å². The van der Waals surface area contributed by atoms with Gasteiger partial charge in [0, 0.05) is 24.5 Å². The van der Waals surface area contributed by atoms with E-state index in [1.807, 2.05) is 6.92 Å². The number of nitro benzene ring substituents is 1. The maximum atomic E-state index is 12.4. The lowest BCUT2D eigenvalue weighted by Gasteiger charge is -2.46. The van der Waals surface area contributed by atoms with Gasteiger partial charge in [-0.05, 0) is 43.6 Å². The molecule has 24 heavy (non-hydrogen) atoms. The standard InChI is InChI=1S/C17H20N4O3/c1-2-14(22)20-16(12-3-5-13(6-4-12)21(23)24)17-15(18-20)11-7-9-19(17)10-8-11/h3-6,11,16-17H,2,7-10H2,1H3/t16-,17-/m0/s1. The van der Waals surface area contributed by atoms with Crippen molar-refractivity contribution in [2.75, 3.05) is 13.1 Å². The number of benzene rings is 1. The minimum atomic E-state index is -0.401. The summed E-state index contributed by atoms with van der Waals surface area (Å²) in [6.07, 6.45) is 2.62. The molecule has 4 aliphatic heterocycles. The Morgan fingerprint density at radius 1 is 1.25 bits per heavy atom. The van der Waals surface area contributed by atoms with Crippen LogP contribution in [0.2, 0.25) is 0 Å². The van der Waals surface area contributed by atoms with Gasteiger partial charge in [-0.3, -0.25) is 19.8 Å². The molecular weight excluding hydrogens is 308 g/mol. The molecule has 0 aliphatic carbocycles. The first-order chi connectivity index (χ1) is 11.6. The first kappa shape index (κ1) is 15.3. The zero-order valence-corrected chi connectivity index (χ0v) is 13.6. The highest BCUT2D eigenvalue weighted by molar-refractivity contribution is 5.97. The summed E-state index contributed by atoms with van der Waals surface area (Å²) < 4.78 is 0. The fourth-order valence-electron chi connectivity index (χ4n) is 4.21. The molecule has 1 aromatic rings. The average molecular weight is 328 g/mol. The van der Waals surface area contributed by atoms with Crippen LogP contribution < -0.4 is 0 Å². The van der Waals surface area contributed by atoms with Crippen LogP contribution in [0.25, 0.3) is 0 Å². The summed E-state index contributed by atoms with van der Waals surface area (Å²) >= 11 is 0. The molecule has 126 valence electrons. The van der Waals surface area contributed by atoms with Gasteiger partial charge in [-0.25, -0.2) is 5.01 Å². The molecule has 1 amide bonds. The van der Waals surface area contributed by atoms with Gasteiger partial charge in [0.1, 0.15) is 6.04 Å². The van der Waals surface area contributed by atoms with Crippen LogP contribution in [0.1, 0.15) is 37.8 Å². The number of hydrogen-bond acceptors (Lipinski definition) is 5. The number of amides is 1. The van der Waals surface area contributed by atoms with E-state index < -0.39 is 4.92 Å². The van der Waals surface area contributed by atoms with Crippen molar-refractivity contribution in [2.24, 2.45) is 11.0 Å². The fourth-order valence-corrected chi connectivity index (χ4v) is 4.21. The van der Waals surface area contributed by atoms with Crippen LogP contribution in [0.15, 0.2) is 29.4 Å². The highest BCUT2D eigenvalue weighted by Crippen LogP contribution is 2.43. The molecular formula is C17H20N4O3. The predicted molar refractivity (Wildman–Crippen MR) is 88.5 cm³/mol. The van der Waals surface area contributed by atoms with Crippen LogP contribution in [-0.4, -0.2) is 45.6 Å². The third kappa shape index (κ3) is 2.23. The van der Waals surface area contributed by atoms with E-state index in [4.69, 9.17) is 5.10 Å². The Labute approximate surface area is 140 Å². The first-order valence-electron chi connectivity index (χ1n) is 8.49. The summed E-state index contributed by atoms with van der Waals surface area (Å²) in [7, 11) is 0. The van der Waals surface area contributed by atoms with E-state index in [0.717, 1.165) is 37.2 Å². The molecule has 4 heterocycles. The van der Waals surface area contributed by atoms with Gasteiger partial charge in [-0.1, -0.05) is 6.92 Å². The lowest BCUT2D eigenvalue weighted by atomic mass is 9.78. The van der Waals surface area contributed by atoms with Gasteiger partial charge in [0.05, 0.1) is 16.7 Å². The van der Waals surface area contributed by atoms with Gasteiger partial charge in [-0.2, -0.15) is 5.10 Å². The van der Waals surface area contributed by atoms with Crippen molar-refractivity contribution < 1.29 is 9.72 Å². The van der Waals surface area contributed by atoms with Crippen LogP contribution in [-0.2, 0) is 4.79 Å². The van der Waals surface area contributed by atoms with Crippen molar-refractivity contribution in [3.63, 3.8) is 0 Å². The molecule has 5 rings (SSSR count). The van der Waals surface area contributed by atoms with Gasteiger partial charge < -0.3 is 0 Å². The number of nitrogens with zero attached hydrogens (tertiary/aromatic N) is 4. The van der Waals surface area contributed by atoms with Crippen LogP contribution >= 0.6 is 0 Å². The number of fused-ring (bicyclic) bond motifs is 2. The molecule has 0 radical (unpaired) electrons. The molecule has 4 aliphatic rings. The van der Waals surface area contributed by atoms with Crippen LogP contribution in [0.4, 0.5) is 5.69 Å². The molecule has 7 heteroatoms. The summed E-state index contributed by atoms with van der Waals surface area (Å²) in [6, 6.07) is 6.50. The van der Waals surface area contributed by atoms with E-state index in [9.17, 15) is 14.9 Å². The number of nitro groups is 1. The molecule has 0 spiro atoms. The second kappa shape index (κ2) is 5.66. The first-order valence-corrected chi connectivity index (χ1v) is 8.49. The topological polar surface area (TPSA) is 79.0 Å². The van der Waals surface area contributed by atoms with E-state index >= 15 is 0 Å². The molecule has 0 N–H and O–H groups in total. The van der Waals surface area contributed by atoms with Crippen molar-refractivity contribution in [2.45, 2.75) is 38.3 Å². The number of non-ortho nitro benzene ring substituents is 1. The Hall–Kier alpha value is -2.28. The molecule has 2 atom stereocenters. The van der Waals surface area contributed by atoms with Crippen molar-refractivity contribution in [1.82, 2.24) is 9.91 Å². The maximum Gasteiger partial charge on any atom is 0.269 e. The lowest BCUT2D eigenvalue weighted by molar-refractivity contribution is -0.384. The van der Waals surface area contributed by atoms with Crippen molar-refractivity contribution in [1.29, 1.82) is 0 Å². The molecule has 0 unspecified atom stereocenters. The number of hydrazone groups is 1. The summed E-state index contributed by atoms with van der Waals surface area (Å²) in [5, 5.41) is 17.2. The van der Waals surface area contributed by atoms with E-state index in [0.29, 0.717) is 12.3 Å². The third-order valence-electron chi connectivity index (χ3n) is 5.43. The number of piperidine rings is 3. The van der Waals surface area contributed by atoms with Crippen LogP contribution in [0, 0.1) is 16.0 Å². The Morgan fingerprint density at radius 3 is 2.50 bits per heavy atom. The number of rotatable bonds is 3. The Kier molecular flexibility index (Phi) is 3.60. The summed E-state index contributed by atoms with van der Waals surface area (Å²) in [5.41, 5.74) is 2.10. The molecule has 0 saturated carbocycles. The van der Waals surface area contributed by atoms with Crippen LogP contribution in [0.3, 0.4) is 0 Å². The largest absolute Gasteiger partial charge is 0.293 e. The van der Waals surface area contributed by atoms with Crippen LogP contribution in [0.5, 0.6) is 0 Å². The Bertz CT molecular complexity index is 707. The number of hydrogen-bond donors (Lipinski definition) is 0. The van der Waals surface area contributed by atoms with Gasteiger partial charge in [-0.15, -0.1) is 0 Å². The summed E-state index contributed by atoms with van der Waals surface area (Å²) in [4.78, 5) is 25.3. The number of carbonyl (C=O) groups excluding carboxylic acids is 1. The third-order valence-corrected chi connectivity index (χ3v) is 5.43. The maximum absolute atomic E-state index is 12.4. The zero-order valence-electron chi connectivity index (χ0n) is 13.6. The minimum Gasteiger partial charge on any atom is -0.293 e. The Balaban J connectivity index is 1.73. The van der Waals surface area contributed by atoms with Gasteiger partial charge in [0.2, 0.25) is 5.91 Å². The minimum absolute atomic E-state index is 0.000790. The monoisotopic (exact) mass is 328 g/mol. The van der Waals surface area contributed by atoms with E-state index in [1.165, 1.54) is 12.1 Å². The highest BCUT2D eigenvalue weighted by atomic mass is 16.6. The quantitative estimate of drug-likeness (QED) is 0.630. The van der Waals surface area contributed by atoms with E-state index in [2.05, 4.69) is 4.90 Å². The second-order valence-electron chi connectivity index (χ2n) is 6.67. The molecule has 2 bridgehead atoms. The molecule has 1 aromatic carbocycles. The predicted octanol–water partition coefficient (Wildman–Crippen LogP) is 2.34. The number of carbonyl (C=O) groups is 1. The van der Waals surface area contributed by atoms with Crippen molar-refractivity contribution in [3.05, 3.63) is 39.9 Å². The second-order valence-corrected chi connectivity index (χ2v) is 6.67. The Morgan fingerprint density at radius 2 is 1.92 bits per heavy atom. The SMILES string of the molecule is CCC(=O)N1N=C2C3CCN(CC3)[C@@H]2[C@@H]1c1ccc([N+](=O)[O-])cc1. The average Bonchev–Trinajstić information content (AvgIpc) is 3.04. The van der Waals surface area contributed by atoms with Gasteiger partial charge in [0.15, 0.2) is 0 Å². The highest BCUT2D eigenvalue weighted by Gasteiger charge is 2.50. The smallest absolute Gasteiger partial charge is 0.269 e. The van der Waals surface area contributed by atoms with Crippen molar-refractivity contribution in [3.8, 4) is 0 Å². The molecule has 0 aromatic heterocycles. The summed E-state index contributed by atoms with van der Waals surface area (Å²) in [6.45, 7) is 3.91. The fraction of sp³-hybridized carbons (Fsp3) is 0.529. The summed E-state index contributed by atoms with van der Waals surface area (Å²) in [5.74, 6) is 0.469. The van der Waals surface area contributed by atoms with Gasteiger partial charge >= 0.3 is 0 Å². The lowest BCUT2D eigenvalue weighted by Crippen LogP contribution is -2.56. The van der Waals surface area contributed by atoms with Gasteiger partial charge in [0.25, 0.3) is 5.69 Å². The molecule has 3 fully saturated rings. The zero-order chi connectivity index (χ0) is 16.8. The molecule has 3 saturated heterocycles. The molecule has 7 nitrogen and oxygen atoms in total. The normalized spacial score (nSPS) is 30.9. The van der Waals surface area contributed by atoms with Crippen molar-refractivity contribution >= 4 is 17.3 Å².